The molecular weight excluding hydrogens is 385 g/mol. The van der Waals surface area contributed by atoms with Crippen molar-refractivity contribution in [2.45, 2.75) is 19.1 Å². The second-order valence-corrected chi connectivity index (χ2v) is 7.08. The number of benzene rings is 1. The number of aliphatic imine (C=N–C) groups is 1. The molecule has 0 aliphatic carbocycles. The summed E-state index contributed by atoms with van der Waals surface area (Å²) < 4.78 is 13.3. The Balaban J connectivity index is 1.99. The van der Waals surface area contributed by atoms with Gasteiger partial charge in [-0.05, 0) is 48.4 Å². The Kier molecular flexibility index (Phi) is 4.69. The second-order valence-electron chi connectivity index (χ2n) is 7.08. The van der Waals surface area contributed by atoms with Gasteiger partial charge in [0, 0.05) is 36.3 Å². The number of phenolic OH excluding ortho intramolecular Hbond substituents is 1. The number of aromatic nitrogens is 2. The molecule has 2 aromatic heterocycles. The first kappa shape index (κ1) is 19.5. The number of phenols is 1. The van der Waals surface area contributed by atoms with E-state index >= 15 is 0 Å². The minimum absolute atomic E-state index is 0.0416. The zero-order chi connectivity index (χ0) is 21.5. The van der Waals surface area contributed by atoms with Gasteiger partial charge < -0.3 is 10.8 Å². The van der Waals surface area contributed by atoms with Gasteiger partial charge in [-0.15, -0.1) is 0 Å². The van der Waals surface area contributed by atoms with Crippen LogP contribution in [-0.2, 0) is 17.0 Å². The van der Waals surface area contributed by atoms with Crippen LogP contribution in [0.25, 0.3) is 11.1 Å². The van der Waals surface area contributed by atoms with Gasteiger partial charge in [-0.25, -0.2) is 9.38 Å². The Morgan fingerprint density at radius 3 is 2.53 bits per heavy atom. The molecule has 7 nitrogen and oxygen atoms in total. The highest BCUT2D eigenvalue weighted by Crippen LogP contribution is 2.42. The SMILES string of the molecule is Cc1ncccc1-c1cc(C2(c3ccnc(CF)c3)N=C(N)N(C)C2=O)ccc1O. The van der Waals surface area contributed by atoms with E-state index in [9.17, 15) is 14.3 Å². The maximum atomic E-state index is 13.4. The molecule has 8 heteroatoms. The van der Waals surface area contributed by atoms with Gasteiger partial charge in [-0.2, -0.15) is 0 Å². The van der Waals surface area contributed by atoms with Crippen molar-refractivity contribution in [1.82, 2.24) is 14.9 Å². The van der Waals surface area contributed by atoms with Gasteiger partial charge in [0.25, 0.3) is 5.91 Å². The fourth-order valence-electron chi connectivity index (χ4n) is 3.71. The van der Waals surface area contributed by atoms with Crippen LogP contribution < -0.4 is 5.73 Å². The maximum Gasteiger partial charge on any atom is 0.266 e. The molecule has 1 aliphatic heterocycles. The summed E-state index contributed by atoms with van der Waals surface area (Å²) in [5.41, 5.74) is 7.57. The zero-order valence-electron chi connectivity index (χ0n) is 16.5. The summed E-state index contributed by atoms with van der Waals surface area (Å²) in [4.78, 5) is 27.4. The average Bonchev–Trinajstić information content (AvgIpc) is 2.99. The molecule has 0 saturated carbocycles. The number of aryl methyl sites for hydroxylation is 1. The van der Waals surface area contributed by atoms with E-state index in [4.69, 9.17) is 5.73 Å². The van der Waals surface area contributed by atoms with Crippen molar-refractivity contribution in [3.8, 4) is 16.9 Å². The Morgan fingerprint density at radius 2 is 1.87 bits per heavy atom. The van der Waals surface area contributed by atoms with Crippen LogP contribution in [-0.4, -0.2) is 38.9 Å². The van der Waals surface area contributed by atoms with E-state index in [0.717, 1.165) is 11.3 Å². The Labute approximate surface area is 172 Å². The predicted molar refractivity (Wildman–Crippen MR) is 110 cm³/mol. The summed E-state index contributed by atoms with van der Waals surface area (Å²) in [6.45, 7) is 1.06. The topological polar surface area (TPSA) is 105 Å². The lowest BCUT2D eigenvalue weighted by Crippen LogP contribution is -2.41. The Hall–Kier alpha value is -3.81. The quantitative estimate of drug-likeness (QED) is 0.694. The number of carbonyl (C=O) groups excluding carboxylic acids is 1. The number of pyridine rings is 2. The normalized spacial score (nSPS) is 18.6. The lowest BCUT2D eigenvalue weighted by molar-refractivity contribution is -0.129. The molecule has 1 aromatic carbocycles. The fraction of sp³-hybridized carbons (Fsp3) is 0.182. The summed E-state index contributed by atoms with van der Waals surface area (Å²) in [6, 6.07) is 11.6. The van der Waals surface area contributed by atoms with Crippen LogP contribution in [0.15, 0.2) is 59.9 Å². The van der Waals surface area contributed by atoms with Crippen molar-refractivity contribution in [3.05, 3.63) is 77.4 Å². The van der Waals surface area contributed by atoms with Gasteiger partial charge in [-0.1, -0.05) is 12.1 Å². The third-order valence-electron chi connectivity index (χ3n) is 5.32. The van der Waals surface area contributed by atoms with E-state index in [1.165, 1.54) is 30.3 Å². The number of nitrogens with zero attached hydrogens (tertiary/aromatic N) is 4. The van der Waals surface area contributed by atoms with Crippen LogP contribution >= 0.6 is 0 Å². The molecule has 0 fully saturated rings. The zero-order valence-corrected chi connectivity index (χ0v) is 16.5. The molecule has 3 heterocycles. The molecule has 0 radical (unpaired) electrons. The number of rotatable bonds is 4. The molecule has 1 unspecified atom stereocenters. The van der Waals surface area contributed by atoms with E-state index in [1.807, 2.05) is 13.0 Å². The number of amides is 1. The number of guanidine groups is 1. The number of hydrogen-bond donors (Lipinski definition) is 2. The summed E-state index contributed by atoms with van der Waals surface area (Å²) in [6.07, 6.45) is 3.10. The van der Waals surface area contributed by atoms with E-state index in [0.29, 0.717) is 16.7 Å². The monoisotopic (exact) mass is 405 g/mol. The molecule has 30 heavy (non-hydrogen) atoms. The van der Waals surface area contributed by atoms with E-state index in [1.54, 1.807) is 30.5 Å². The van der Waals surface area contributed by atoms with Gasteiger partial charge in [0.1, 0.15) is 12.4 Å². The standard InChI is InChI=1S/C22H20FN5O2/c1-13-17(4-3-8-25-13)18-11-14(5-6-19(18)29)22(20(30)28(2)21(24)27-22)15-7-9-26-16(10-15)12-23/h3-11,29H,12H2,1-2H3,(H2,24,27). The first-order chi connectivity index (χ1) is 14.4. The van der Waals surface area contributed by atoms with Gasteiger partial charge in [-0.3, -0.25) is 19.7 Å². The smallest absolute Gasteiger partial charge is 0.266 e. The van der Waals surface area contributed by atoms with Crippen molar-refractivity contribution < 1.29 is 14.3 Å². The van der Waals surface area contributed by atoms with Gasteiger partial charge >= 0.3 is 0 Å². The number of alkyl halides is 1. The minimum atomic E-state index is -1.51. The molecule has 0 saturated heterocycles. The van der Waals surface area contributed by atoms with Crippen molar-refractivity contribution in [1.29, 1.82) is 0 Å². The fourth-order valence-corrected chi connectivity index (χ4v) is 3.71. The van der Waals surface area contributed by atoms with Crippen LogP contribution in [0.3, 0.4) is 0 Å². The van der Waals surface area contributed by atoms with Gasteiger partial charge in [0.2, 0.25) is 0 Å². The highest BCUT2D eigenvalue weighted by atomic mass is 19.1. The van der Waals surface area contributed by atoms with Gasteiger partial charge in [0.05, 0.1) is 5.69 Å². The van der Waals surface area contributed by atoms with Crippen LogP contribution in [0.4, 0.5) is 4.39 Å². The number of hydrogen-bond acceptors (Lipinski definition) is 6. The van der Waals surface area contributed by atoms with Crippen LogP contribution in [0.5, 0.6) is 5.75 Å². The number of halogens is 1. The Bertz CT molecular complexity index is 1180. The summed E-state index contributed by atoms with van der Waals surface area (Å²) in [5, 5.41) is 10.5. The van der Waals surface area contributed by atoms with E-state index in [-0.39, 0.29) is 23.3 Å². The molecule has 0 bridgehead atoms. The van der Waals surface area contributed by atoms with Crippen LogP contribution in [0.2, 0.25) is 0 Å². The number of aromatic hydroxyl groups is 1. The molecule has 152 valence electrons. The molecule has 4 rings (SSSR count). The molecule has 1 amide bonds. The predicted octanol–water partition coefficient (Wildman–Crippen LogP) is 2.66. The summed E-state index contributed by atoms with van der Waals surface area (Å²) in [7, 11) is 1.53. The summed E-state index contributed by atoms with van der Waals surface area (Å²) in [5.74, 6) is -0.290. The second kappa shape index (κ2) is 7.22. The highest BCUT2D eigenvalue weighted by molar-refractivity contribution is 6.09. The van der Waals surface area contributed by atoms with Crippen molar-refractivity contribution in [3.63, 3.8) is 0 Å². The number of likely N-dealkylation sites (N-methyl/N-ethyl adjacent to an activating group) is 1. The lowest BCUT2D eigenvalue weighted by atomic mass is 9.81. The number of carbonyl (C=O) groups is 1. The molecule has 0 spiro atoms. The van der Waals surface area contributed by atoms with Crippen molar-refractivity contribution in [2.24, 2.45) is 10.7 Å². The van der Waals surface area contributed by atoms with Crippen LogP contribution in [0.1, 0.15) is 22.5 Å². The number of nitrogens with two attached hydrogens (primary N) is 1. The molecule has 3 N–H and O–H groups in total. The molecule has 1 atom stereocenters. The van der Waals surface area contributed by atoms with Gasteiger partial charge in [0.15, 0.2) is 11.5 Å². The molecule has 1 aliphatic rings. The molecule has 3 aromatic rings. The van der Waals surface area contributed by atoms with E-state index in [2.05, 4.69) is 15.0 Å². The molecular formula is C22H20FN5O2. The maximum absolute atomic E-state index is 13.4. The minimum Gasteiger partial charge on any atom is -0.507 e. The Morgan fingerprint density at radius 1 is 1.10 bits per heavy atom. The first-order valence-electron chi connectivity index (χ1n) is 9.29. The van der Waals surface area contributed by atoms with Crippen LogP contribution in [0, 0.1) is 6.92 Å². The highest BCUT2D eigenvalue weighted by Gasteiger charge is 2.49. The average molecular weight is 405 g/mol. The summed E-state index contributed by atoms with van der Waals surface area (Å²) >= 11 is 0. The van der Waals surface area contributed by atoms with E-state index < -0.39 is 12.2 Å². The third kappa shape index (κ3) is 2.88. The lowest BCUT2D eigenvalue weighted by Gasteiger charge is -2.27. The first-order valence-corrected chi connectivity index (χ1v) is 9.29. The van der Waals surface area contributed by atoms with Crippen molar-refractivity contribution >= 4 is 11.9 Å². The largest absolute Gasteiger partial charge is 0.507 e. The van der Waals surface area contributed by atoms with Crippen molar-refractivity contribution in [2.75, 3.05) is 7.05 Å². The third-order valence-corrected chi connectivity index (χ3v) is 5.32.